The molecule has 242 valence electrons. The Morgan fingerprint density at radius 2 is 1.10 bits per heavy atom. The smallest absolute Gasteiger partial charge is 0.328 e. The monoisotopic (exact) mass is 583 g/mol. The van der Waals surface area contributed by atoms with Gasteiger partial charge in [-0.3, -0.25) is 9.59 Å². The molecule has 0 aliphatic rings. The van der Waals surface area contributed by atoms with E-state index in [9.17, 15) is 14.4 Å². The number of esters is 1. The number of nitrogens with zero attached hydrogens (tertiary/aromatic N) is 1. The van der Waals surface area contributed by atoms with E-state index in [-0.39, 0.29) is 17.8 Å². The molecule has 2 N–H and O–H groups in total. The molecule has 41 heavy (non-hydrogen) atoms. The predicted octanol–water partition coefficient (Wildman–Crippen LogP) is 7.46. The third-order valence-corrected chi connectivity index (χ3v) is 7.64. The Morgan fingerprint density at radius 3 is 1.66 bits per heavy atom. The van der Waals surface area contributed by atoms with Gasteiger partial charge in [-0.15, -0.1) is 0 Å². The minimum absolute atomic E-state index is 0.0745. The molecule has 0 aliphatic carbocycles. The van der Waals surface area contributed by atoms with Crippen LogP contribution in [0.2, 0.25) is 0 Å². The summed E-state index contributed by atoms with van der Waals surface area (Å²) in [5.74, 6) is -0.381. The molecule has 0 bridgehead atoms. The van der Waals surface area contributed by atoms with Crippen LogP contribution in [0.5, 0.6) is 0 Å². The first-order valence-electron chi connectivity index (χ1n) is 17.2. The molecule has 0 heterocycles. The van der Waals surface area contributed by atoms with Crippen molar-refractivity contribution in [2.75, 3.05) is 40.8 Å². The summed E-state index contributed by atoms with van der Waals surface area (Å²) in [6.07, 6.45) is 23.7. The van der Waals surface area contributed by atoms with Gasteiger partial charge in [-0.25, -0.2) is 4.79 Å². The second-order valence-corrected chi connectivity index (χ2v) is 12.9. The number of unbranched alkanes of at least 4 members (excludes halogenated alkanes) is 16. The van der Waals surface area contributed by atoms with Crippen LogP contribution in [-0.4, -0.2) is 69.1 Å². The normalized spacial score (nSPS) is 12.2. The van der Waals surface area contributed by atoms with E-state index in [1.165, 1.54) is 90.0 Å². The van der Waals surface area contributed by atoms with Crippen LogP contribution >= 0.6 is 0 Å². The van der Waals surface area contributed by atoms with Crippen LogP contribution in [0, 0.1) is 0 Å². The van der Waals surface area contributed by atoms with Crippen LogP contribution in [0.4, 0.5) is 0 Å². The molecule has 1 unspecified atom stereocenters. The van der Waals surface area contributed by atoms with Gasteiger partial charge >= 0.3 is 5.97 Å². The highest BCUT2D eigenvalue weighted by atomic mass is 16.5. The topological polar surface area (TPSA) is 84.5 Å². The fourth-order valence-corrected chi connectivity index (χ4v) is 5.08. The van der Waals surface area contributed by atoms with E-state index in [0.29, 0.717) is 38.7 Å². The van der Waals surface area contributed by atoms with Crippen molar-refractivity contribution in [3.05, 3.63) is 0 Å². The van der Waals surface area contributed by atoms with Gasteiger partial charge in [0.1, 0.15) is 6.04 Å². The van der Waals surface area contributed by atoms with Crippen LogP contribution in [0.1, 0.15) is 155 Å². The summed E-state index contributed by atoms with van der Waals surface area (Å²) in [6, 6.07) is -0.626. The van der Waals surface area contributed by atoms with Crippen LogP contribution < -0.4 is 10.6 Å². The van der Waals surface area contributed by atoms with Crippen molar-refractivity contribution in [1.82, 2.24) is 10.6 Å². The summed E-state index contributed by atoms with van der Waals surface area (Å²) in [7, 11) is 6.73. The molecule has 0 aromatic carbocycles. The van der Waals surface area contributed by atoms with E-state index in [4.69, 9.17) is 4.74 Å². The molecule has 0 aromatic rings. The highest BCUT2D eigenvalue weighted by Gasteiger charge is 2.21. The van der Waals surface area contributed by atoms with Gasteiger partial charge in [0.05, 0.1) is 34.3 Å². The maximum Gasteiger partial charge on any atom is 0.328 e. The molecule has 1 atom stereocenters. The first-order chi connectivity index (χ1) is 19.7. The van der Waals surface area contributed by atoms with Crippen molar-refractivity contribution in [2.24, 2.45) is 0 Å². The van der Waals surface area contributed by atoms with Crippen LogP contribution in [-0.2, 0) is 19.1 Å². The van der Waals surface area contributed by atoms with E-state index < -0.39 is 6.04 Å². The molecule has 7 nitrogen and oxygen atoms in total. The fourth-order valence-electron chi connectivity index (χ4n) is 5.08. The molecule has 0 saturated carbocycles. The van der Waals surface area contributed by atoms with Crippen LogP contribution in [0.25, 0.3) is 0 Å². The highest BCUT2D eigenvalue weighted by Crippen LogP contribution is 2.12. The number of hydrogen-bond acceptors (Lipinski definition) is 4. The minimum Gasteiger partial charge on any atom is -0.464 e. The number of ether oxygens (including phenoxy) is 1. The Bertz CT molecular complexity index is 648. The Labute approximate surface area is 253 Å². The van der Waals surface area contributed by atoms with E-state index >= 15 is 0 Å². The molecule has 7 heteroatoms. The number of amides is 2. The van der Waals surface area contributed by atoms with Crippen molar-refractivity contribution in [2.45, 2.75) is 161 Å². The lowest BCUT2D eigenvalue weighted by atomic mass is 10.1. The SMILES string of the molecule is CCCCCCCCCCCNC(=O)CCCCC(NC(=O)CCCCCCCCCC[N+](C)(C)C)C(=O)OCC. The summed E-state index contributed by atoms with van der Waals surface area (Å²) in [5.41, 5.74) is 0. The van der Waals surface area contributed by atoms with Crippen molar-refractivity contribution in [3.63, 3.8) is 0 Å². The molecule has 2 amide bonds. The minimum atomic E-state index is -0.626. The van der Waals surface area contributed by atoms with Gasteiger partial charge in [0, 0.05) is 19.4 Å². The first-order valence-corrected chi connectivity index (χ1v) is 17.2. The number of carbonyl (C=O) groups is 3. The van der Waals surface area contributed by atoms with Crippen molar-refractivity contribution in [1.29, 1.82) is 0 Å². The number of nitrogens with one attached hydrogen (secondary N) is 2. The zero-order chi connectivity index (χ0) is 30.6. The van der Waals surface area contributed by atoms with Gasteiger partial charge in [0.2, 0.25) is 11.8 Å². The third-order valence-electron chi connectivity index (χ3n) is 7.64. The fraction of sp³-hybridized carbons (Fsp3) is 0.912. The second kappa shape index (κ2) is 27.2. The average Bonchev–Trinajstić information content (AvgIpc) is 2.92. The molecule has 0 spiro atoms. The molecular formula is C34H68N3O4+. The Morgan fingerprint density at radius 1 is 0.610 bits per heavy atom. The summed E-state index contributed by atoms with van der Waals surface area (Å²) >= 11 is 0. The summed E-state index contributed by atoms with van der Waals surface area (Å²) in [5, 5.41) is 5.90. The molecule has 0 aliphatic heterocycles. The zero-order valence-corrected chi connectivity index (χ0v) is 27.8. The molecule has 0 rings (SSSR count). The van der Waals surface area contributed by atoms with Gasteiger partial charge < -0.3 is 19.9 Å². The Balaban J connectivity index is 3.92. The van der Waals surface area contributed by atoms with Gasteiger partial charge in [-0.2, -0.15) is 0 Å². The molecule has 0 aromatic heterocycles. The molecule has 0 saturated heterocycles. The van der Waals surface area contributed by atoms with Crippen LogP contribution in [0.3, 0.4) is 0 Å². The van der Waals surface area contributed by atoms with E-state index in [0.717, 1.165) is 36.7 Å². The van der Waals surface area contributed by atoms with Gasteiger partial charge in [-0.1, -0.05) is 96.8 Å². The van der Waals surface area contributed by atoms with Crippen LogP contribution in [0.15, 0.2) is 0 Å². The Kier molecular flexibility index (Phi) is 26.1. The summed E-state index contributed by atoms with van der Waals surface area (Å²) < 4.78 is 6.22. The van der Waals surface area contributed by atoms with Crippen molar-refractivity contribution >= 4 is 17.8 Å². The van der Waals surface area contributed by atoms with E-state index in [2.05, 4.69) is 38.7 Å². The van der Waals surface area contributed by atoms with Gasteiger partial charge in [0.25, 0.3) is 0 Å². The lowest BCUT2D eigenvalue weighted by Gasteiger charge is -2.23. The summed E-state index contributed by atoms with van der Waals surface area (Å²) in [6.45, 7) is 6.29. The second-order valence-electron chi connectivity index (χ2n) is 12.9. The highest BCUT2D eigenvalue weighted by molar-refractivity contribution is 5.84. The first kappa shape index (κ1) is 39.4. The number of rotatable bonds is 29. The average molecular weight is 583 g/mol. The zero-order valence-electron chi connectivity index (χ0n) is 27.8. The number of hydrogen-bond donors (Lipinski definition) is 2. The molecule has 0 radical (unpaired) electrons. The lowest BCUT2D eigenvalue weighted by Crippen LogP contribution is -2.41. The molecular weight excluding hydrogens is 514 g/mol. The lowest BCUT2D eigenvalue weighted by molar-refractivity contribution is -0.870. The Hall–Kier alpha value is -1.63. The number of carbonyl (C=O) groups excluding carboxylic acids is 3. The molecule has 0 fully saturated rings. The third kappa shape index (κ3) is 28.3. The van der Waals surface area contributed by atoms with E-state index in [1.54, 1.807) is 6.92 Å². The van der Waals surface area contributed by atoms with Crippen molar-refractivity contribution < 1.29 is 23.6 Å². The van der Waals surface area contributed by atoms with Crippen molar-refractivity contribution in [3.8, 4) is 0 Å². The predicted molar refractivity (Wildman–Crippen MR) is 172 cm³/mol. The summed E-state index contributed by atoms with van der Waals surface area (Å²) in [4.78, 5) is 37.0. The quantitative estimate of drug-likeness (QED) is 0.0545. The maximum atomic E-state index is 12.5. The van der Waals surface area contributed by atoms with Gasteiger partial charge in [0.15, 0.2) is 0 Å². The van der Waals surface area contributed by atoms with Gasteiger partial charge in [-0.05, 0) is 45.4 Å². The number of quaternary nitrogens is 1. The largest absolute Gasteiger partial charge is 0.464 e. The maximum absolute atomic E-state index is 12.5. The standard InChI is InChI=1S/C34H67N3O4/c1-6-8-9-10-11-13-16-19-24-29-35-32(38)27-23-22-26-31(34(40)41-7-2)36-33(39)28-21-18-15-12-14-17-20-25-30-37(3,4)5/h31H,6-30H2,1-5H3,(H-,35,36,38,39)/p+1. The van der Waals surface area contributed by atoms with E-state index in [1.807, 2.05) is 0 Å².